The van der Waals surface area contributed by atoms with Gasteiger partial charge in [-0.15, -0.1) is 0 Å². The van der Waals surface area contributed by atoms with E-state index in [2.05, 4.69) is 132 Å². The van der Waals surface area contributed by atoms with Crippen LogP contribution < -0.4 is 46.7 Å². The summed E-state index contributed by atoms with van der Waals surface area (Å²) in [6.45, 7) is 22.0. The molecule has 3 aliphatic rings. The van der Waals surface area contributed by atoms with Crippen molar-refractivity contribution in [2.45, 2.75) is 112 Å². The standard InChI is InChI=1S/C68H79B2N5O6Si.CH4/c1-45(2)64(76)28-15-16-34-74(41-50-20-9-13-26-60(50)69(78)79)44-59-53-25-12-11-24-52(53)58(43-75(35-19-31-71-68(77)46(3)4)42-51-21-10-14-27-61(51)70(80)81)54-30-29-49(38-55(54)59)67-56-36-47-22-17-32-72(5)62(47)39-65(56)82(7,8)66-40-63-48(37-57(66)67)23-18-33-73(63)6;/h9-14,20-21,24-27,29-30,36-40,78-81H,1,3,15-19,22-23,28,31-35,41-44H2,2,4-8H3;1H4/p+1. The van der Waals surface area contributed by atoms with Gasteiger partial charge in [0.25, 0.3) is 0 Å². The highest BCUT2D eigenvalue weighted by Gasteiger charge is 2.38. The van der Waals surface area contributed by atoms with E-state index in [4.69, 9.17) is 0 Å². The summed E-state index contributed by atoms with van der Waals surface area (Å²) in [6.07, 6.45) is 6.79. The SMILES string of the molecule is C.C=C(C)C(=O)CCCCN(Cc1ccccc1B(O)O)Cc1c2ccccc2c(CN(CCCNC(=O)C(=C)C)Cc2ccccc2B(O)O)c2ccc(C3=c4cc5c(cc4[Si](C)(C)c4cc6c(cc43)CCCN6C)=[N+](C)CCC5)cc12. The molecule has 1 amide bonds. The molecule has 3 heterocycles. The highest BCUT2D eigenvalue weighted by atomic mass is 28.3. The van der Waals surface area contributed by atoms with Gasteiger partial charge in [0.2, 0.25) is 11.3 Å². The summed E-state index contributed by atoms with van der Waals surface area (Å²) in [6, 6.07) is 41.1. The zero-order valence-corrected chi connectivity index (χ0v) is 50.0. The van der Waals surface area contributed by atoms with Crippen molar-refractivity contribution in [3.05, 3.63) is 195 Å². The molecule has 14 heteroatoms. The third-order valence-electron chi connectivity index (χ3n) is 17.7. The van der Waals surface area contributed by atoms with Crippen LogP contribution in [-0.2, 0) is 48.6 Å². The summed E-state index contributed by atoms with van der Waals surface area (Å²) in [5, 5.41) is 55.7. The Labute approximate surface area is 493 Å². The smallest absolute Gasteiger partial charge is 0.423 e. The van der Waals surface area contributed by atoms with Crippen molar-refractivity contribution in [1.29, 1.82) is 0 Å². The summed E-state index contributed by atoms with van der Waals surface area (Å²) in [5.74, 6) is -0.114. The molecule has 0 aromatic heterocycles. The second-order valence-electron chi connectivity index (χ2n) is 24.0. The number of nitrogens with one attached hydrogen (secondary N) is 1. The van der Waals surface area contributed by atoms with Gasteiger partial charge in [0.15, 0.2) is 5.78 Å². The number of carbonyl (C=O) groups is 2. The summed E-state index contributed by atoms with van der Waals surface area (Å²) in [7, 11) is -1.10. The number of ketones is 1. The van der Waals surface area contributed by atoms with Crippen LogP contribution in [-0.4, -0.2) is 111 Å². The molecule has 0 fully saturated rings. The van der Waals surface area contributed by atoms with Crippen LogP contribution in [0.1, 0.15) is 104 Å². The van der Waals surface area contributed by atoms with Gasteiger partial charge in [0.1, 0.15) is 21.7 Å². The monoisotopic (exact) mass is 1130 g/mol. The van der Waals surface area contributed by atoms with Crippen molar-refractivity contribution in [2.24, 2.45) is 0 Å². The maximum atomic E-state index is 12.9. The fourth-order valence-electron chi connectivity index (χ4n) is 13.2. The molecule has 10 rings (SSSR count). The molecule has 7 aromatic carbocycles. The first-order valence-corrected chi connectivity index (χ1v) is 32.5. The zero-order chi connectivity index (χ0) is 58.0. The van der Waals surface area contributed by atoms with Crippen LogP contribution >= 0.6 is 0 Å². The lowest BCUT2D eigenvalue weighted by Gasteiger charge is -2.37. The lowest BCUT2D eigenvalue weighted by Crippen LogP contribution is -2.64. The molecule has 0 aliphatic carbocycles. The lowest BCUT2D eigenvalue weighted by atomic mass is 9.77. The van der Waals surface area contributed by atoms with E-state index in [9.17, 15) is 29.7 Å². The van der Waals surface area contributed by atoms with Crippen molar-refractivity contribution in [1.82, 2.24) is 19.7 Å². The van der Waals surface area contributed by atoms with E-state index >= 15 is 0 Å². The number of unbranched alkanes of at least 4 members (excludes halogenated alkanes) is 1. The molecule has 0 unspecified atom stereocenters. The van der Waals surface area contributed by atoms with E-state index in [0.29, 0.717) is 87.1 Å². The predicted octanol–water partition coefficient (Wildman–Crippen LogP) is 6.22. The van der Waals surface area contributed by atoms with Crippen molar-refractivity contribution in [2.75, 3.05) is 51.7 Å². The first kappa shape index (κ1) is 60.8. The average molecular weight is 1130 g/mol. The first-order valence-electron chi connectivity index (χ1n) is 29.5. The molecule has 3 aliphatic heterocycles. The molecular formula is C69H84B2N5O6Si+. The molecule has 430 valence electrons. The minimum Gasteiger partial charge on any atom is -0.423 e. The minimum atomic E-state index is -2.29. The number of fused-ring (bicyclic) bond motifs is 6. The van der Waals surface area contributed by atoms with Crippen LogP contribution in [0.4, 0.5) is 5.69 Å². The van der Waals surface area contributed by atoms with Crippen LogP contribution in [0.3, 0.4) is 0 Å². The second kappa shape index (κ2) is 26.0. The summed E-state index contributed by atoms with van der Waals surface area (Å²) in [5.41, 5.74) is 13.8. The van der Waals surface area contributed by atoms with Crippen LogP contribution in [0, 0.1) is 0 Å². The number of carbonyl (C=O) groups excluding carboxylic acids is 2. The molecule has 0 bridgehead atoms. The molecule has 11 nitrogen and oxygen atoms in total. The van der Waals surface area contributed by atoms with Crippen LogP contribution in [0.2, 0.25) is 13.1 Å². The fraction of sp³-hybridized carbons (Fsp3) is 0.348. The Hall–Kier alpha value is -6.74. The molecule has 83 heavy (non-hydrogen) atoms. The Morgan fingerprint density at radius 1 is 0.675 bits per heavy atom. The molecule has 0 radical (unpaired) electrons. The van der Waals surface area contributed by atoms with Gasteiger partial charge in [-0.3, -0.25) is 19.4 Å². The topological polar surface area (TPSA) is 140 Å². The number of allylic oxidation sites excluding steroid dienone is 1. The van der Waals surface area contributed by atoms with Gasteiger partial charge in [-0.2, -0.15) is 0 Å². The van der Waals surface area contributed by atoms with Gasteiger partial charge in [-0.05, 0) is 181 Å². The molecule has 0 saturated heterocycles. The minimum absolute atomic E-state index is 0. The third-order valence-corrected chi connectivity index (χ3v) is 21.2. The zero-order valence-electron chi connectivity index (χ0n) is 49.0. The van der Waals surface area contributed by atoms with E-state index in [0.717, 1.165) is 94.6 Å². The number of nitrogens with zero attached hydrogens (tertiary/aromatic N) is 4. The fourth-order valence-corrected chi connectivity index (χ4v) is 16.3. The van der Waals surface area contributed by atoms with Crippen molar-refractivity contribution >= 4 is 88.1 Å². The molecule has 0 spiro atoms. The third kappa shape index (κ3) is 12.9. The van der Waals surface area contributed by atoms with Crippen LogP contribution in [0.15, 0.2) is 140 Å². The van der Waals surface area contributed by atoms with Gasteiger partial charge in [-0.25, -0.2) is 4.58 Å². The van der Waals surface area contributed by atoms with Crippen molar-refractivity contribution < 1.29 is 29.7 Å². The Morgan fingerprint density at radius 2 is 1.27 bits per heavy atom. The Balaban J connectivity index is 0.00000828. The molecule has 0 saturated carbocycles. The summed E-state index contributed by atoms with van der Waals surface area (Å²) < 4.78 is 2.45. The van der Waals surface area contributed by atoms with Gasteiger partial charge in [-0.1, -0.05) is 119 Å². The predicted molar refractivity (Wildman–Crippen MR) is 347 cm³/mol. The van der Waals surface area contributed by atoms with Gasteiger partial charge in [0.05, 0.1) is 0 Å². The first-order chi connectivity index (χ1) is 39.4. The number of benzene rings is 7. The summed E-state index contributed by atoms with van der Waals surface area (Å²) >= 11 is 0. The highest BCUT2D eigenvalue weighted by molar-refractivity contribution is 7.01. The van der Waals surface area contributed by atoms with E-state index in [-0.39, 0.29) is 19.1 Å². The van der Waals surface area contributed by atoms with Gasteiger partial charge in [0, 0.05) is 88.6 Å². The van der Waals surface area contributed by atoms with Crippen LogP contribution in [0.5, 0.6) is 0 Å². The number of amides is 1. The number of hydrogen-bond donors (Lipinski definition) is 5. The maximum absolute atomic E-state index is 12.9. The number of aryl methyl sites for hydroxylation is 2. The second-order valence-corrected chi connectivity index (χ2v) is 28.3. The summed E-state index contributed by atoms with van der Waals surface area (Å²) in [4.78, 5) is 32.8. The number of hydrogen-bond acceptors (Lipinski definition) is 9. The molecular weight excluding hydrogens is 1040 g/mol. The average Bonchev–Trinajstić information content (AvgIpc) is 0.938. The van der Waals surface area contributed by atoms with E-state index in [1.54, 1.807) is 26.0 Å². The molecule has 5 N–H and O–H groups in total. The quantitative estimate of drug-likeness (QED) is 0.0176. The Kier molecular flexibility index (Phi) is 19.1. The Morgan fingerprint density at radius 3 is 1.89 bits per heavy atom. The molecule has 0 atom stereocenters. The number of anilines is 1. The number of rotatable bonds is 22. The van der Waals surface area contributed by atoms with E-state index in [1.807, 2.05) is 36.4 Å². The van der Waals surface area contributed by atoms with Crippen molar-refractivity contribution in [3.63, 3.8) is 0 Å². The Bertz CT molecular complexity index is 3780. The normalized spacial score (nSPS) is 14.2. The van der Waals surface area contributed by atoms with Crippen LogP contribution in [0.25, 0.3) is 27.1 Å². The van der Waals surface area contributed by atoms with E-state index in [1.165, 1.54) is 48.9 Å². The lowest BCUT2D eigenvalue weighted by molar-refractivity contribution is -0.117. The van der Waals surface area contributed by atoms with E-state index < -0.39 is 22.3 Å². The van der Waals surface area contributed by atoms with Gasteiger partial charge >= 0.3 is 14.2 Å². The van der Waals surface area contributed by atoms with Gasteiger partial charge < -0.3 is 30.3 Å². The largest absolute Gasteiger partial charge is 0.488 e. The van der Waals surface area contributed by atoms with Crippen molar-refractivity contribution in [3.8, 4) is 0 Å². The highest BCUT2D eigenvalue weighted by Crippen LogP contribution is 2.39. The number of Topliss-reactive ketones (excluding diaryl/α,β-unsaturated/α-hetero) is 1. The molecule has 7 aromatic rings. The maximum Gasteiger partial charge on any atom is 0.488 e.